The number of fused-ring (bicyclic) bond motifs is 1. The van der Waals surface area contributed by atoms with Gasteiger partial charge in [0.05, 0.1) is 25.0 Å². The molecular weight excluding hydrogens is 402 g/mol. The second-order valence-electron chi connectivity index (χ2n) is 6.51. The molecular formula is C23H21NO5S. The van der Waals surface area contributed by atoms with Gasteiger partial charge in [-0.2, -0.15) is 0 Å². The van der Waals surface area contributed by atoms with Crippen LogP contribution in [0.3, 0.4) is 0 Å². The summed E-state index contributed by atoms with van der Waals surface area (Å²) in [5.74, 6) is 1.71. The Morgan fingerprint density at radius 1 is 1.20 bits per heavy atom. The van der Waals surface area contributed by atoms with E-state index in [4.69, 9.17) is 18.9 Å². The summed E-state index contributed by atoms with van der Waals surface area (Å²) in [6.07, 6.45) is 1.81. The van der Waals surface area contributed by atoms with Gasteiger partial charge >= 0.3 is 5.97 Å². The van der Waals surface area contributed by atoms with Gasteiger partial charge in [-0.15, -0.1) is 11.3 Å². The van der Waals surface area contributed by atoms with Gasteiger partial charge in [-0.1, -0.05) is 18.2 Å². The average molecular weight is 423 g/mol. The van der Waals surface area contributed by atoms with Crippen LogP contribution in [0.2, 0.25) is 0 Å². The lowest BCUT2D eigenvalue weighted by Gasteiger charge is -2.16. The van der Waals surface area contributed by atoms with Crippen molar-refractivity contribution in [2.45, 2.75) is 13.5 Å². The molecule has 0 saturated heterocycles. The fourth-order valence-electron chi connectivity index (χ4n) is 3.05. The summed E-state index contributed by atoms with van der Waals surface area (Å²) >= 11 is 1.48. The fourth-order valence-corrected chi connectivity index (χ4v) is 3.85. The van der Waals surface area contributed by atoms with Crippen molar-refractivity contribution in [3.8, 4) is 27.8 Å². The molecule has 0 unspecified atom stereocenters. The molecule has 0 aliphatic carbocycles. The Morgan fingerprint density at radius 2 is 2.07 bits per heavy atom. The van der Waals surface area contributed by atoms with E-state index in [0.29, 0.717) is 29.4 Å². The van der Waals surface area contributed by atoms with Gasteiger partial charge in [0.25, 0.3) is 0 Å². The van der Waals surface area contributed by atoms with Gasteiger partial charge in [-0.05, 0) is 37.3 Å². The molecule has 0 saturated carbocycles. The van der Waals surface area contributed by atoms with E-state index in [9.17, 15) is 4.79 Å². The molecule has 0 atom stereocenters. The SMILES string of the molecule is CCOc1ccc(-c2nc(COC(=O)C3=Cc4ccccc4OC3)cs2)cc1OC. The minimum Gasteiger partial charge on any atom is -0.493 e. The number of esters is 1. The maximum Gasteiger partial charge on any atom is 0.337 e. The highest BCUT2D eigenvalue weighted by Crippen LogP contribution is 2.34. The highest BCUT2D eigenvalue weighted by Gasteiger charge is 2.19. The zero-order chi connectivity index (χ0) is 20.9. The highest BCUT2D eigenvalue weighted by atomic mass is 32.1. The van der Waals surface area contributed by atoms with Crippen LogP contribution in [-0.4, -0.2) is 31.3 Å². The molecule has 0 fully saturated rings. The molecule has 2 heterocycles. The van der Waals surface area contributed by atoms with Crippen molar-refractivity contribution < 1.29 is 23.7 Å². The Bertz CT molecular complexity index is 1090. The van der Waals surface area contributed by atoms with Crippen molar-refractivity contribution in [3.05, 3.63) is 64.7 Å². The largest absolute Gasteiger partial charge is 0.493 e. The van der Waals surface area contributed by atoms with E-state index in [1.54, 1.807) is 13.2 Å². The van der Waals surface area contributed by atoms with E-state index in [1.807, 2.05) is 54.8 Å². The number of methoxy groups -OCH3 is 1. The number of rotatable bonds is 7. The Labute approximate surface area is 178 Å². The minimum absolute atomic E-state index is 0.0997. The lowest BCUT2D eigenvalue weighted by molar-refractivity contribution is -0.140. The van der Waals surface area contributed by atoms with E-state index in [0.717, 1.165) is 21.9 Å². The van der Waals surface area contributed by atoms with Crippen LogP contribution in [0, 0.1) is 0 Å². The number of hydrogen-bond donors (Lipinski definition) is 0. The quantitative estimate of drug-likeness (QED) is 0.512. The molecule has 154 valence electrons. The van der Waals surface area contributed by atoms with Gasteiger partial charge in [-0.3, -0.25) is 0 Å². The summed E-state index contributed by atoms with van der Waals surface area (Å²) in [6.45, 7) is 2.79. The zero-order valence-electron chi connectivity index (χ0n) is 16.7. The van der Waals surface area contributed by atoms with Crippen LogP contribution >= 0.6 is 11.3 Å². The Balaban J connectivity index is 1.42. The molecule has 4 rings (SSSR count). The Hall–Kier alpha value is -3.32. The van der Waals surface area contributed by atoms with E-state index in [-0.39, 0.29) is 13.2 Å². The van der Waals surface area contributed by atoms with Gasteiger partial charge in [-0.25, -0.2) is 9.78 Å². The molecule has 0 bridgehead atoms. The van der Waals surface area contributed by atoms with Crippen molar-refractivity contribution in [3.63, 3.8) is 0 Å². The number of benzene rings is 2. The molecule has 1 aliphatic heterocycles. The summed E-state index contributed by atoms with van der Waals surface area (Å²) in [7, 11) is 1.61. The number of para-hydroxylation sites is 1. The number of ether oxygens (including phenoxy) is 4. The number of thiazole rings is 1. The second kappa shape index (κ2) is 9.00. The fraction of sp³-hybridized carbons (Fsp3) is 0.217. The lowest BCUT2D eigenvalue weighted by atomic mass is 10.1. The Kier molecular flexibility index (Phi) is 5.99. The van der Waals surface area contributed by atoms with Crippen LogP contribution in [0.5, 0.6) is 17.2 Å². The molecule has 2 aromatic carbocycles. The van der Waals surface area contributed by atoms with Crippen LogP contribution in [0.1, 0.15) is 18.2 Å². The molecule has 7 heteroatoms. The van der Waals surface area contributed by atoms with Gasteiger partial charge in [0, 0.05) is 16.5 Å². The molecule has 6 nitrogen and oxygen atoms in total. The van der Waals surface area contributed by atoms with Crippen molar-refractivity contribution >= 4 is 23.4 Å². The topological polar surface area (TPSA) is 66.9 Å². The predicted molar refractivity (Wildman–Crippen MR) is 115 cm³/mol. The maximum atomic E-state index is 12.4. The van der Waals surface area contributed by atoms with Crippen LogP contribution in [0.15, 0.2) is 53.4 Å². The van der Waals surface area contributed by atoms with Gasteiger partial charge in [0.1, 0.15) is 24.0 Å². The van der Waals surface area contributed by atoms with Crippen LogP contribution in [-0.2, 0) is 16.1 Å². The summed E-state index contributed by atoms with van der Waals surface area (Å²) in [4.78, 5) is 17.0. The zero-order valence-corrected chi connectivity index (χ0v) is 17.5. The Morgan fingerprint density at radius 3 is 2.90 bits per heavy atom. The molecule has 1 aromatic heterocycles. The summed E-state index contributed by atoms with van der Waals surface area (Å²) in [5.41, 5.74) is 2.96. The second-order valence-corrected chi connectivity index (χ2v) is 7.37. The number of carbonyl (C=O) groups is 1. The van der Waals surface area contributed by atoms with E-state index < -0.39 is 5.97 Å². The molecule has 0 amide bonds. The van der Waals surface area contributed by atoms with E-state index >= 15 is 0 Å². The highest BCUT2D eigenvalue weighted by molar-refractivity contribution is 7.13. The first-order valence-electron chi connectivity index (χ1n) is 9.53. The predicted octanol–water partition coefficient (Wildman–Crippen LogP) is 4.74. The first kappa shape index (κ1) is 20.0. The summed E-state index contributed by atoms with van der Waals surface area (Å²) in [5, 5.41) is 2.70. The van der Waals surface area contributed by atoms with Crippen LogP contribution in [0.4, 0.5) is 0 Å². The van der Waals surface area contributed by atoms with Crippen molar-refractivity contribution in [1.82, 2.24) is 4.98 Å². The number of aromatic nitrogens is 1. The van der Waals surface area contributed by atoms with Gasteiger partial charge in [0.2, 0.25) is 0 Å². The third-order valence-electron chi connectivity index (χ3n) is 4.51. The van der Waals surface area contributed by atoms with Crippen LogP contribution in [0.25, 0.3) is 16.6 Å². The average Bonchev–Trinajstić information content (AvgIpc) is 3.26. The minimum atomic E-state index is -0.401. The third-order valence-corrected chi connectivity index (χ3v) is 5.45. The molecule has 0 radical (unpaired) electrons. The summed E-state index contributed by atoms with van der Waals surface area (Å²) < 4.78 is 22.0. The molecule has 0 N–H and O–H groups in total. The normalized spacial score (nSPS) is 12.4. The lowest BCUT2D eigenvalue weighted by Crippen LogP contribution is -2.17. The van der Waals surface area contributed by atoms with Crippen molar-refractivity contribution in [2.24, 2.45) is 0 Å². The van der Waals surface area contributed by atoms with Crippen LogP contribution < -0.4 is 14.2 Å². The number of hydrogen-bond acceptors (Lipinski definition) is 7. The molecule has 30 heavy (non-hydrogen) atoms. The van der Waals surface area contributed by atoms with Crippen molar-refractivity contribution in [2.75, 3.05) is 20.3 Å². The summed E-state index contributed by atoms with van der Waals surface area (Å²) in [6, 6.07) is 13.3. The van der Waals surface area contributed by atoms with Gasteiger partial charge < -0.3 is 18.9 Å². The monoisotopic (exact) mass is 423 g/mol. The molecule has 1 aliphatic rings. The van der Waals surface area contributed by atoms with Crippen molar-refractivity contribution in [1.29, 1.82) is 0 Å². The van der Waals surface area contributed by atoms with E-state index in [1.165, 1.54) is 11.3 Å². The smallest absolute Gasteiger partial charge is 0.337 e. The third kappa shape index (κ3) is 4.31. The maximum absolute atomic E-state index is 12.4. The first-order chi connectivity index (χ1) is 14.7. The first-order valence-corrected chi connectivity index (χ1v) is 10.4. The van der Waals surface area contributed by atoms with E-state index in [2.05, 4.69) is 4.98 Å². The number of nitrogens with zero attached hydrogens (tertiary/aromatic N) is 1. The molecule has 3 aromatic rings. The van der Waals surface area contributed by atoms with Gasteiger partial charge in [0.15, 0.2) is 11.5 Å². The standard InChI is InChI=1S/C23H21NO5S/c1-3-27-20-9-8-16(11-21(20)26-2)22-24-18(14-30-22)13-29-23(25)17-10-15-6-4-5-7-19(15)28-12-17/h4-11,14H,3,12-13H2,1-2H3. The molecule has 0 spiro atoms. The number of carbonyl (C=O) groups excluding carboxylic acids is 1.